The van der Waals surface area contributed by atoms with Crippen molar-refractivity contribution in [3.8, 4) is 11.4 Å². The number of thioether (sulfide) groups is 1. The third-order valence-electron chi connectivity index (χ3n) is 4.34. The lowest BCUT2D eigenvalue weighted by atomic mass is 10.1. The van der Waals surface area contributed by atoms with Crippen molar-refractivity contribution in [2.75, 3.05) is 12.4 Å². The molecule has 1 N–H and O–H groups in total. The fraction of sp³-hybridized carbons (Fsp3) is 0.286. The number of ketones is 1. The van der Waals surface area contributed by atoms with E-state index in [9.17, 15) is 9.59 Å². The first-order chi connectivity index (χ1) is 14.5. The van der Waals surface area contributed by atoms with E-state index in [1.165, 1.54) is 11.8 Å². The quantitative estimate of drug-likeness (QED) is 0.411. The van der Waals surface area contributed by atoms with Gasteiger partial charge in [0.15, 0.2) is 5.78 Å². The molecular formula is C21H23N5O3S. The lowest BCUT2D eigenvalue weighted by Gasteiger charge is -2.12. The number of nitrogens with zero attached hydrogens (tertiary/aromatic N) is 4. The maximum Gasteiger partial charge on any atom is 0.224 e. The standard InChI is InChI=1S/C21H23N5O3S/c1-4-7-19(27)22-16-12-10-15(11-13-16)20(28)14(2)30-21-23-24-25-26(21)17-8-5-6-9-18(17)29-3/h5-6,8-14H,4,7H2,1-3H3,(H,22,27). The van der Waals surface area contributed by atoms with Crippen molar-refractivity contribution in [1.82, 2.24) is 20.2 Å². The summed E-state index contributed by atoms with van der Waals surface area (Å²) < 4.78 is 6.93. The van der Waals surface area contributed by atoms with Gasteiger partial charge in [-0.05, 0) is 60.2 Å². The van der Waals surface area contributed by atoms with Crippen LogP contribution in [0.25, 0.3) is 5.69 Å². The fourth-order valence-electron chi connectivity index (χ4n) is 2.82. The molecule has 0 aliphatic carbocycles. The molecule has 0 spiro atoms. The zero-order valence-corrected chi connectivity index (χ0v) is 17.8. The Morgan fingerprint density at radius 1 is 1.17 bits per heavy atom. The van der Waals surface area contributed by atoms with Crippen molar-refractivity contribution in [2.45, 2.75) is 37.1 Å². The van der Waals surface area contributed by atoms with Crippen LogP contribution < -0.4 is 10.1 Å². The van der Waals surface area contributed by atoms with Crippen LogP contribution in [-0.2, 0) is 4.79 Å². The number of amides is 1. The Hall–Kier alpha value is -3.20. The Bertz CT molecular complexity index is 1020. The minimum atomic E-state index is -0.412. The van der Waals surface area contributed by atoms with E-state index < -0.39 is 5.25 Å². The molecule has 2 aromatic carbocycles. The van der Waals surface area contributed by atoms with Gasteiger partial charge in [0.2, 0.25) is 11.1 Å². The van der Waals surface area contributed by atoms with Crippen molar-refractivity contribution >= 4 is 29.1 Å². The molecule has 1 amide bonds. The van der Waals surface area contributed by atoms with Crippen molar-refractivity contribution in [3.05, 3.63) is 54.1 Å². The third kappa shape index (κ3) is 5.04. The van der Waals surface area contributed by atoms with Gasteiger partial charge in [-0.1, -0.05) is 30.8 Å². The summed E-state index contributed by atoms with van der Waals surface area (Å²) in [4.78, 5) is 24.6. The molecule has 0 bridgehead atoms. The van der Waals surface area contributed by atoms with Crippen molar-refractivity contribution < 1.29 is 14.3 Å². The maximum atomic E-state index is 12.9. The molecule has 0 radical (unpaired) electrons. The van der Waals surface area contributed by atoms with Crippen LogP contribution in [0.2, 0.25) is 0 Å². The van der Waals surface area contributed by atoms with E-state index in [1.807, 2.05) is 38.1 Å². The minimum Gasteiger partial charge on any atom is -0.494 e. The molecule has 0 aliphatic rings. The largest absolute Gasteiger partial charge is 0.494 e. The maximum absolute atomic E-state index is 12.9. The summed E-state index contributed by atoms with van der Waals surface area (Å²) in [6.45, 7) is 3.76. The SMILES string of the molecule is CCCC(=O)Nc1ccc(C(=O)C(C)Sc2nnnn2-c2ccccc2OC)cc1. The molecule has 0 saturated carbocycles. The number of carbonyl (C=O) groups is 2. The normalized spacial score (nSPS) is 11.7. The highest BCUT2D eigenvalue weighted by atomic mass is 32.2. The van der Waals surface area contributed by atoms with Crippen LogP contribution in [0.15, 0.2) is 53.7 Å². The van der Waals surface area contributed by atoms with Crippen LogP contribution in [0.3, 0.4) is 0 Å². The van der Waals surface area contributed by atoms with Crippen LogP contribution in [0.5, 0.6) is 5.75 Å². The van der Waals surface area contributed by atoms with Gasteiger partial charge in [-0.25, -0.2) is 0 Å². The topological polar surface area (TPSA) is 99.0 Å². The van der Waals surface area contributed by atoms with Gasteiger partial charge >= 0.3 is 0 Å². The van der Waals surface area contributed by atoms with Crippen molar-refractivity contribution in [3.63, 3.8) is 0 Å². The highest BCUT2D eigenvalue weighted by Gasteiger charge is 2.21. The van der Waals surface area contributed by atoms with E-state index in [2.05, 4.69) is 20.8 Å². The number of anilines is 1. The summed E-state index contributed by atoms with van der Waals surface area (Å²) in [6.07, 6.45) is 1.25. The number of rotatable bonds is 9. The number of tetrazole rings is 1. The number of methoxy groups -OCH3 is 1. The van der Waals surface area contributed by atoms with Gasteiger partial charge in [-0.15, -0.1) is 5.10 Å². The molecule has 30 heavy (non-hydrogen) atoms. The van der Waals surface area contributed by atoms with E-state index in [0.29, 0.717) is 34.3 Å². The molecule has 3 rings (SSSR count). The first-order valence-electron chi connectivity index (χ1n) is 9.56. The molecule has 8 nitrogen and oxygen atoms in total. The zero-order valence-electron chi connectivity index (χ0n) is 17.0. The molecule has 0 fully saturated rings. The first kappa shape index (κ1) is 21.5. The Morgan fingerprint density at radius 3 is 2.60 bits per heavy atom. The number of benzene rings is 2. The van der Waals surface area contributed by atoms with E-state index in [-0.39, 0.29) is 11.7 Å². The Balaban J connectivity index is 1.71. The van der Waals surface area contributed by atoms with Gasteiger partial charge in [-0.3, -0.25) is 9.59 Å². The molecular weight excluding hydrogens is 402 g/mol. The lowest BCUT2D eigenvalue weighted by molar-refractivity contribution is -0.116. The monoisotopic (exact) mass is 425 g/mol. The molecule has 9 heteroatoms. The average Bonchev–Trinajstić information content (AvgIpc) is 3.21. The Kier molecular flexibility index (Phi) is 7.18. The molecule has 156 valence electrons. The van der Waals surface area contributed by atoms with Gasteiger partial charge < -0.3 is 10.1 Å². The van der Waals surface area contributed by atoms with E-state index in [1.54, 1.807) is 36.1 Å². The molecule has 1 aromatic heterocycles. The summed E-state index contributed by atoms with van der Waals surface area (Å²) in [5.41, 5.74) is 1.92. The van der Waals surface area contributed by atoms with Crippen LogP contribution in [0.1, 0.15) is 37.0 Å². The fourth-order valence-corrected chi connectivity index (χ4v) is 3.70. The predicted molar refractivity (Wildman–Crippen MR) is 115 cm³/mol. The zero-order chi connectivity index (χ0) is 21.5. The van der Waals surface area contributed by atoms with Gasteiger partial charge in [0.1, 0.15) is 11.4 Å². The Morgan fingerprint density at radius 2 is 1.90 bits per heavy atom. The summed E-state index contributed by atoms with van der Waals surface area (Å²) in [5.74, 6) is 0.538. The van der Waals surface area contributed by atoms with Crippen molar-refractivity contribution in [1.29, 1.82) is 0 Å². The number of nitrogens with one attached hydrogen (secondary N) is 1. The van der Waals surface area contributed by atoms with Crippen molar-refractivity contribution in [2.24, 2.45) is 0 Å². The summed E-state index contributed by atoms with van der Waals surface area (Å²) in [7, 11) is 1.58. The van der Waals surface area contributed by atoms with Gasteiger partial charge in [0, 0.05) is 17.7 Å². The van der Waals surface area contributed by atoms with Gasteiger partial charge in [0.25, 0.3) is 0 Å². The molecule has 1 heterocycles. The predicted octanol–water partition coefficient (Wildman–Crippen LogP) is 3.77. The first-order valence-corrected chi connectivity index (χ1v) is 10.4. The molecule has 3 aromatic rings. The number of para-hydroxylation sites is 2. The minimum absolute atomic E-state index is 0.0383. The number of Topliss-reactive ketones (excluding diaryl/α,β-unsaturated/α-hetero) is 1. The Labute approximate surface area is 179 Å². The molecule has 1 unspecified atom stereocenters. The highest BCUT2D eigenvalue weighted by molar-refractivity contribution is 8.00. The number of ether oxygens (including phenoxy) is 1. The van der Waals surface area contributed by atoms with E-state index in [0.717, 1.165) is 6.42 Å². The number of aromatic nitrogens is 4. The van der Waals surface area contributed by atoms with Crippen LogP contribution >= 0.6 is 11.8 Å². The van der Waals surface area contributed by atoms with Gasteiger partial charge in [0.05, 0.1) is 12.4 Å². The molecule has 0 saturated heterocycles. The lowest BCUT2D eigenvalue weighted by Crippen LogP contribution is -2.15. The van der Waals surface area contributed by atoms with Crippen LogP contribution in [0, 0.1) is 0 Å². The number of carbonyl (C=O) groups excluding carboxylic acids is 2. The van der Waals surface area contributed by atoms with Crippen LogP contribution in [0.4, 0.5) is 5.69 Å². The third-order valence-corrected chi connectivity index (χ3v) is 5.37. The summed E-state index contributed by atoms with van der Waals surface area (Å²) in [6, 6.07) is 14.3. The number of hydrogen-bond donors (Lipinski definition) is 1. The second-order valence-corrected chi connectivity index (χ2v) is 7.85. The second kappa shape index (κ2) is 10.0. The summed E-state index contributed by atoms with van der Waals surface area (Å²) >= 11 is 1.27. The smallest absolute Gasteiger partial charge is 0.224 e. The summed E-state index contributed by atoms with van der Waals surface area (Å²) in [5, 5.41) is 14.7. The highest BCUT2D eigenvalue weighted by Crippen LogP contribution is 2.29. The molecule has 0 aliphatic heterocycles. The van der Waals surface area contributed by atoms with E-state index >= 15 is 0 Å². The van der Waals surface area contributed by atoms with Gasteiger partial charge in [-0.2, -0.15) is 4.68 Å². The van der Waals surface area contributed by atoms with E-state index in [4.69, 9.17) is 4.74 Å². The second-order valence-electron chi connectivity index (χ2n) is 6.54. The average molecular weight is 426 g/mol. The number of hydrogen-bond acceptors (Lipinski definition) is 7. The molecule has 1 atom stereocenters. The van der Waals surface area contributed by atoms with Crippen LogP contribution in [-0.4, -0.2) is 44.3 Å².